The molecule has 0 saturated carbocycles. The molecule has 1 aromatic rings. The lowest BCUT2D eigenvalue weighted by Crippen LogP contribution is -2.13. The number of allylic oxidation sites excluding steroid dienone is 1. The third-order valence-electron chi connectivity index (χ3n) is 2.63. The number of rotatable bonds is 5. The molecule has 1 aromatic heterocycles. The van der Waals surface area contributed by atoms with E-state index in [1.807, 2.05) is 6.92 Å². The molecule has 1 heterocycles. The number of esters is 1. The van der Waals surface area contributed by atoms with Gasteiger partial charge in [0.1, 0.15) is 5.82 Å². The highest BCUT2D eigenvalue weighted by Crippen LogP contribution is 2.21. The summed E-state index contributed by atoms with van der Waals surface area (Å²) in [5, 5.41) is 2.57. The molecule has 0 radical (unpaired) electrons. The Balaban J connectivity index is 3.08. The van der Waals surface area contributed by atoms with E-state index in [1.165, 1.54) is 13.1 Å². The summed E-state index contributed by atoms with van der Waals surface area (Å²) < 4.78 is 4.92. The smallest absolute Gasteiger partial charge is 0.341 e. The number of nitrogens with one attached hydrogen (secondary N) is 1. The van der Waals surface area contributed by atoms with E-state index < -0.39 is 5.97 Å². The fraction of sp³-hybridized carbons (Fsp3) is 0.333. The van der Waals surface area contributed by atoms with Gasteiger partial charge in [-0.3, -0.25) is 9.79 Å². The van der Waals surface area contributed by atoms with Gasteiger partial charge >= 0.3 is 5.97 Å². The number of ether oxygens (including phenoxy) is 1. The lowest BCUT2D eigenvalue weighted by molar-refractivity contribution is -0.137. The summed E-state index contributed by atoms with van der Waals surface area (Å²) in [6.07, 6.45) is 2.94. The first-order valence-electron chi connectivity index (χ1n) is 6.77. The predicted octanol–water partition coefficient (Wildman–Crippen LogP) is 1.85. The van der Waals surface area contributed by atoms with Gasteiger partial charge < -0.3 is 15.8 Å². The minimum Gasteiger partial charge on any atom is -0.462 e. The molecule has 0 bridgehead atoms. The number of aliphatic imine (C=N–C) groups is 1. The Morgan fingerprint density at radius 1 is 1.45 bits per heavy atom. The molecule has 0 saturated heterocycles. The van der Waals surface area contributed by atoms with E-state index in [1.54, 1.807) is 26.1 Å². The molecule has 1 rings (SSSR count). The second kappa shape index (κ2) is 7.92. The predicted molar refractivity (Wildman–Crippen MR) is 85.0 cm³/mol. The Morgan fingerprint density at radius 3 is 2.68 bits per heavy atom. The second-order valence-corrected chi connectivity index (χ2v) is 4.61. The van der Waals surface area contributed by atoms with Crippen LogP contribution in [0.2, 0.25) is 0 Å². The van der Waals surface area contributed by atoms with E-state index in [0.717, 1.165) is 5.56 Å². The van der Waals surface area contributed by atoms with Crippen molar-refractivity contribution in [1.82, 2.24) is 4.98 Å². The number of aryl methyl sites for hydroxylation is 1. The molecular weight excluding hydrogens is 284 g/mol. The van der Waals surface area contributed by atoms with E-state index >= 15 is 0 Å². The third-order valence-corrected chi connectivity index (χ3v) is 2.63. The number of pyridine rings is 1. The third kappa shape index (κ3) is 5.01. The van der Waals surface area contributed by atoms with Crippen LogP contribution in [0.5, 0.6) is 0 Å². The maximum absolute atomic E-state index is 11.8. The maximum atomic E-state index is 11.8. The molecule has 0 aliphatic rings. The Morgan fingerprint density at radius 2 is 2.14 bits per heavy atom. The van der Waals surface area contributed by atoms with Crippen molar-refractivity contribution >= 4 is 29.6 Å². The first-order chi connectivity index (χ1) is 10.3. The van der Waals surface area contributed by atoms with Gasteiger partial charge in [0, 0.05) is 31.1 Å². The number of nitrogens with two attached hydrogens (primary N) is 1. The number of hydrogen-bond donors (Lipinski definition) is 2. The van der Waals surface area contributed by atoms with Gasteiger partial charge in [-0.1, -0.05) is 0 Å². The zero-order valence-electron chi connectivity index (χ0n) is 13.1. The maximum Gasteiger partial charge on any atom is 0.341 e. The molecule has 118 valence electrons. The molecule has 0 aliphatic carbocycles. The van der Waals surface area contributed by atoms with Crippen LogP contribution in [0, 0.1) is 6.92 Å². The fourth-order valence-electron chi connectivity index (χ4n) is 1.56. The molecule has 0 atom stereocenters. The molecule has 7 nitrogen and oxygen atoms in total. The largest absolute Gasteiger partial charge is 0.462 e. The van der Waals surface area contributed by atoms with Gasteiger partial charge in [0.2, 0.25) is 5.91 Å². The van der Waals surface area contributed by atoms with Crippen LogP contribution in [-0.2, 0) is 14.3 Å². The SMILES string of the molecule is CCOC(=O)/C(C=Nc1cc(NC(C)=O)ncc1C)=C(\C)N. The van der Waals surface area contributed by atoms with Gasteiger partial charge in [-0.05, 0) is 26.3 Å². The summed E-state index contributed by atoms with van der Waals surface area (Å²) in [4.78, 5) is 31.1. The van der Waals surface area contributed by atoms with E-state index in [4.69, 9.17) is 10.5 Å². The van der Waals surface area contributed by atoms with E-state index in [9.17, 15) is 9.59 Å². The molecule has 0 spiro atoms. The number of hydrogen-bond acceptors (Lipinski definition) is 6. The van der Waals surface area contributed by atoms with Crippen molar-refractivity contribution in [2.24, 2.45) is 10.7 Å². The minimum absolute atomic E-state index is 0.194. The molecule has 0 fully saturated rings. The fourth-order valence-corrected chi connectivity index (χ4v) is 1.56. The van der Waals surface area contributed by atoms with Crippen molar-refractivity contribution in [2.45, 2.75) is 27.7 Å². The Hall–Kier alpha value is -2.70. The van der Waals surface area contributed by atoms with Crippen LogP contribution in [0.4, 0.5) is 11.5 Å². The van der Waals surface area contributed by atoms with Crippen molar-refractivity contribution in [2.75, 3.05) is 11.9 Å². The lowest BCUT2D eigenvalue weighted by atomic mass is 10.2. The minimum atomic E-state index is -0.528. The highest BCUT2D eigenvalue weighted by molar-refractivity contribution is 6.10. The molecule has 1 amide bonds. The van der Waals surface area contributed by atoms with Crippen LogP contribution >= 0.6 is 0 Å². The standard InChI is InChI=1S/C15H20N4O3/c1-5-22-15(21)12(10(3)16)8-17-13-6-14(19-11(4)20)18-7-9(13)2/h6-8H,5,16H2,1-4H3,(H,18,19,20)/b12-10+,17-8?. The average Bonchev–Trinajstić information content (AvgIpc) is 2.41. The number of aromatic nitrogens is 1. The van der Waals surface area contributed by atoms with Crippen LogP contribution in [0.25, 0.3) is 0 Å². The molecular formula is C15H20N4O3. The highest BCUT2D eigenvalue weighted by Gasteiger charge is 2.11. The summed E-state index contributed by atoms with van der Waals surface area (Å²) >= 11 is 0. The molecule has 0 unspecified atom stereocenters. The van der Waals surface area contributed by atoms with Gasteiger partial charge in [0.25, 0.3) is 0 Å². The topological polar surface area (TPSA) is 107 Å². The highest BCUT2D eigenvalue weighted by atomic mass is 16.5. The molecule has 3 N–H and O–H groups in total. The first kappa shape index (κ1) is 17.4. The summed E-state index contributed by atoms with van der Waals surface area (Å²) in [5.74, 6) is -0.368. The lowest BCUT2D eigenvalue weighted by Gasteiger charge is -2.06. The zero-order valence-corrected chi connectivity index (χ0v) is 13.1. The van der Waals surface area contributed by atoms with Crippen LogP contribution in [0.3, 0.4) is 0 Å². The van der Waals surface area contributed by atoms with Gasteiger partial charge in [0.05, 0.1) is 17.9 Å². The Bertz CT molecular complexity index is 632. The van der Waals surface area contributed by atoms with Gasteiger partial charge in [-0.25, -0.2) is 9.78 Å². The average molecular weight is 304 g/mol. The van der Waals surface area contributed by atoms with Crippen LogP contribution < -0.4 is 11.1 Å². The van der Waals surface area contributed by atoms with Crippen molar-refractivity contribution in [3.05, 3.63) is 29.1 Å². The summed E-state index contributed by atoms with van der Waals surface area (Å²) in [6, 6.07) is 1.61. The number of nitrogens with zero attached hydrogens (tertiary/aromatic N) is 2. The Labute approximate surface area is 129 Å². The van der Waals surface area contributed by atoms with Crippen molar-refractivity contribution in [1.29, 1.82) is 0 Å². The zero-order chi connectivity index (χ0) is 16.7. The van der Waals surface area contributed by atoms with Crippen LogP contribution in [0.1, 0.15) is 26.3 Å². The van der Waals surface area contributed by atoms with Crippen molar-refractivity contribution < 1.29 is 14.3 Å². The van der Waals surface area contributed by atoms with Gasteiger partial charge in [-0.15, -0.1) is 0 Å². The molecule has 0 aromatic carbocycles. The van der Waals surface area contributed by atoms with E-state index in [0.29, 0.717) is 17.2 Å². The summed E-state index contributed by atoms with van der Waals surface area (Å²) in [7, 11) is 0. The number of anilines is 1. The van der Waals surface area contributed by atoms with Crippen LogP contribution in [0.15, 0.2) is 28.5 Å². The van der Waals surface area contributed by atoms with Crippen molar-refractivity contribution in [3.63, 3.8) is 0 Å². The van der Waals surface area contributed by atoms with E-state index in [2.05, 4.69) is 15.3 Å². The van der Waals surface area contributed by atoms with Gasteiger partial charge in [-0.2, -0.15) is 0 Å². The molecule has 0 aliphatic heterocycles. The quantitative estimate of drug-likeness (QED) is 0.490. The number of carbonyl (C=O) groups excluding carboxylic acids is 2. The first-order valence-corrected chi connectivity index (χ1v) is 6.77. The number of amides is 1. The molecule has 22 heavy (non-hydrogen) atoms. The van der Waals surface area contributed by atoms with Gasteiger partial charge in [0.15, 0.2) is 0 Å². The second-order valence-electron chi connectivity index (χ2n) is 4.61. The Kier molecular flexibility index (Phi) is 6.25. The molecule has 7 heteroatoms. The summed E-state index contributed by atoms with van der Waals surface area (Å²) in [6.45, 7) is 6.78. The monoisotopic (exact) mass is 304 g/mol. The number of carbonyl (C=O) groups is 2. The normalized spacial score (nSPS) is 12.0. The van der Waals surface area contributed by atoms with Crippen LogP contribution in [-0.4, -0.2) is 29.7 Å². The summed E-state index contributed by atoms with van der Waals surface area (Å²) in [5.41, 5.74) is 7.56. The van der Waals surface area contributed by atoms with Crippen molar-refractivity contribution in [3.8, 4) is 0 Å². The van der Waals surface area contributed by atoms with E-state index in [-0.39, 0.29) is 18.1 Å².